The number of hydrogen-bond acceptors (Lipinski definition) is 2. The molecule has 0 heterocycles. The molecule has 102 valence electrons. The van der Waals surface area contributed by atoms with Crippen LogP contribution in [0.1, 0.15) is 50.5 Å². The molecule has 0 saturated heterocycles. The van der Waals surface area contributed by atoms with Crippen LogP contribution in [0.2, 0.25) is 0 Å². The molecule has 1 rings (SSSR count). The molecule has 1 aromatic rings. The zero-order valence-electron chi connectivity index (χ0n) is 12.3. The Morgan fingerprint density at radius 1 is 1.11 bits per heavy atom. The summed E-state index contributed by atoms with van der Waals surface area (Å²) in [7, 11) is 0. The highest BCUT2D eigenvalue weighted by Crippen LogP contribution is 2.37. The summed E-state index contributed by atoms with van der Waals surface area (Å²) >= 11 is 2.02. The largest absolute Gasteiger partial charge is 0.326 e. The number of aryl methyl sites for hydroxylation is 1. The fourth-order valence-electron chi connectivity index (χ4n) is 1.79. The maximum atomic E-state index is 6.31. The van der Waals surface area contributed by atoms with Gasteiger partial charge in [-0.1, -0.05) is 57.5 Å². The summed E-state index contributed by atoms with van der Waals surface area (Å²) < 4.78 is 0. The lowest BCUT2D eigenvalue weighted by molar-refractivity contribution is 0.609. The van der Waals surface area contributed by atoms with Gasteiger partial charge in [0.15, 0.2) is 0 Å². The molecule has 0 aliphatic rings. The third-order valence-corrected chi connectivity index (χ3v) is 5.45. The van der Waals surface area contributed by atoms with Crippen LogP contribution in [0.15, 0.2) is 24.3 Å². The third kappa shape index (κ3) is 4.33. The summed E-state index contributed by atoms with van der Waals surface area (Å²) in [6.07, 6.45) is 1.02. The SMILES string of the molecule is CCC(N)C(SC(C)C(C)C)c1ccc(C)cc1. The minimum Gasteiger partial charge on any atom is -0.326 e. The highest BCUT2D eigenvalue weighted by atomic mass is 32.2. The molecular formula is C16H27NS. The maximum Gasteiger partial charge on any atom is 0.0451 e. The van der Waals surface area contributed by atoms with E-state index in [1.807, 2.05) is 11.8 Å². The topological polar surface area (TPSA) is 26.0 Å². The van der Waals surface area contributed by atoms with Crippen molar-refractivity contribution in [3.8, 4) is 0 Å². The molecule has 2 heteroatoms. The standard InChI is InChI=1S/C16H27NS/c1-6-15(17)16(18-13(5)11(2)3)14-9-7-12(4)8-10-14/h7-11,13,15-16H,6,17H2,1-5H3. The average molecular weight is 265 g/mol. The van der Waals surface area contributed by atoms with Gasteiger partial charge in [-0.15, -0.1) is 11.8 Å². The molecule has 18 heavy (non-hydrogen) atoms. The second kappa shape index (κ2) is 7.20. The van der Waals surface area contributed by atoms with Crippen molar-refractivity contribution in [2.75, 3.05) is 0 Å². The Hall–Kier alpha value is -0.470. The monoisotopic (exact) mass is 265 g/mol. The molecule has 0 spiro atoms. The molecule has 1 aromatic carbocycles. The molecule has 3 unspecified atom stereocenters. The van der Waals surface area contributed by atoms with Gasteiger partial charge >= 0.3 is 0 Å². The quantitative estimate of drug-likeness (QED) is 0.816. The first-order valence-corrected chi connectivity index (χ1v) is 7.87. The summed E-state index contributed by atoms with van der Waals surface area (Å²) in [5, 5.41) is 1.04. The van der Waals surface area contributed by atoms with Crippen LogP contribution in [0.5, 0.6) is 0 Å². The molecule has 0 amide bonds. The smallest absolute Gasteiger partial charge is 0.0451 e. The van der Waals surface area contributed by atoms with Gasteiger partial charge in [0.05, 0.1) is 0 Å². The van der Waals surface area contributed by atoms with Crippen LogP contribution in [0.3, 0.4) is 0 Å². The second-order valence-corrected chi connectivity index (χ2v) is 7.01. The lowest BCUT2D eigenvalue weighted by Crippen LogP contribution is -2.27. The highest BCUT2D eigenvalue weighted by molar-refractivity contribution is 8.00. The summed E-state index contributed by atoms with van der Waals surface area (Å²) in [6.45, 7) is 11.2. The minimum atomic E-state index is 0.235. The van der Waals surface area contributed by atoms with Crippen LogP contribution in [-0.4, -0.2) is 11.3 Å². The van der Waals surface area contributed by atoms with Crippen LogP contribution in [0, 0.1) is 12.8 Å². The van der Waals surface area contributed by atoms with Gasteiger partial charge in [-0.25, -0.2) is 0 Å². The number of benzene rings is 1. The predicted octanol–water partition coefficient (Wildman–Crippen LogP) is 4.55. The van der Waals surface area contributed by atoms with E-state index in [0.717, 1.165) is 6.42 Å². The first kappa shape index (κ1) is 15.6. The van der Waals surface area contributed by atoms with Crippen molar-refractivity contribution in [1.82, 2.24) is 0 Å². The van der Waals surface area contributed by atoms with Crippen molar-refractivity contribution in [1.29, 1.82) is 0 Å². The second-order valence-electron chi connectivity index (χ2n) is 5.49. The van der Waals surface area contributed by atoms with E-state index in [0.29, 0.717) is 16.4 Å². The summed E-state index contributed by atoms with van der Waals surface area (Å²) in [5.41, 5.74) is 8.99. The van der Waals surface area contributed by atoms with Gasteiger partial charge in [0.2, 0.25) is 0 Å². The van der Waals surface area contributed by atoms with E-state index in [9.17, 15) is 0 Å². The van der Waals surface area contributed by atoms with Gasteiger partial charge in [0.1, 0.15) is 0 Å². The van der Waals surface area contributed by atoms with Gasteiger partial charge in [-0.05, 0) is 24.8 Å². The van der Waals surface area contributed by atoms with Crippen molar-refractivity contribution in [2.24, 2.45) is 11.7 Å². The number of rotatable bonds is 6. The fourth-order valence-corrected chi connectivity index (χ4v) is 3.27. The minimum absolute atomic E-state index is 0.235. The molecule has 0 radical (unpaired) electrons. The van der Waals surface area contributed by atoms with Crippen molar-refractivity contribution in [3.63, 3.8) is 0 Å². The molecule has 0 saturated carbocycles. The zero-order valence-corrected chi connectivity index (χ0v) is 13.1. The van der Waals surface area contributed by atoms with Crippen LogP contribution in [0.4, 0.5) is 0 Å². The molecule has 0 fully saturated rings. The highest BCUT2D eigenvalue weighted by Gasteiger charge is 2.22. The number of thioether (sulfide) groups is 1. The van der Waals surface area contributed by atoms with Gasteiger partial charge in [0, 0.05) is 16.5 Å². The Morgan fingerprint density at radius 3 is 2.11 bits per heavy atom. The molecule has 0 bridgehead atoms. The molecule has 0 aliphatic carbocycles. The van der Waals surface area contributed by atoms with Gasteiger partial charge in [0.25, 0.3) is 0 Å². The zero-order chi connectivity index (χ0) is 13.7. The third-order valence-electron chi connectivity index (χ3n) is 3.57. The van der Waals surface area contributed by atoms with E-state index in [1.54, 1.807) is 0 Å². The summed E-state index contributed by atoms with van der Waals surface area (Å²) in [5.74, 6) is 0.687. The first-order chi connectivity index (χ1) is 8.45. The van der Waals surface area contributed by atoms with Crippen LogP contribution in [-0.2, 0) is 0 Å². The van der Waals surface area contributed by atoms with E-state index in [2.05, 4.69) is 58.9 Å². The normalized spacial score (nSPS) is 16.6. The van der Waals surface area contributed by atoms with E-state index in [-0.39, 0.29) is 6.04 Å². The average Bonchev–Trinajstić information content (AvgIpc) is 2.35. The van der Waals surface area contributed by atoms with Crippen molar-refractivity contribution < 1.29 is 0 Å². The van der Waals surface area contributed by atoms with Crippen LogP contribution >= 0.6 is 11.8 Å². The Bertz CT molecular complexity index is 345. The molecule has 1 nitrogen and oxygen atoms in total. The Morgan fingerprint density at radius 2 is 1.67 bits per heavy atom. The molecule has 2 N–H and O–H groups in total. The maximum absolute atomic E-state index is 6.31. The molecule has 3 atom stereocenters. The summed E-state index contributed by atoms with van der Waals surface area (Å²) in [4.78, 5) is 0. The van der Waals surface area contributed by atoms with E-state index < -0.39 is 0 Å². The Kier molecular flexibility index (Phi) is 6.24. The molecule has 0 aliphatic heterocycles. The van der Waals surface area contributed by atoms with Crippen molar-refractivity contribution in [3.05, 3.63) is 35.4 Å². The van der Waals surface area contributed by atoms with Crippen molar-refractivity contribution in [2.45, 2.75) is 57.6 Å². The van der Waals surface area contributed by atoms with Crippen LogP contribution < -0.4 is 5.73 Å². The van der Waals surface area contributed by atoms with Gasteiger partial charge < -0.3 is 5.73 Å². The van der Waals surface area contributed by atoms with E-state index in [1.165, 1.54) is 11.1 Å². The fraction of sp³-hybridized carbons (Fsp3) is 0.625. The van der Waals surface area contributed by atoms with Gasteiger partial charge in [-0.2, -0.15) is 0 Å². The van der Waals surface area contributed by atoms with Crippen molar-refractivity contribution >= 4 is 11.8 Å². The Labute approximate surface area is 117 Å². The lowest BCUT2D eigenvalue weighted by atomic mass is 10.0. The number of hydrogen-bond donors (Lipinski definition) is 1. The number of nitrogens with two attached hydrogens (primary N) is 1. The first-order valence-electron chi connectivity index (χ1n) is 6.93. The predicted molar refractivity (Wildman–Crippen MR) is 84.1 cm³/mol. The van der Waals surface area contributed by atoms with E-state index in [4.69, 9.17) is 5.73 Å². The van der Waals surface area contributed by atoms with E-state index >= 15 is 0 Å². The molecular weight excluding hydrogens is 238 g/mol. The Balaban J connectivity index is 2.87. The van der Waals surface area contributed by atoms with Crippen LogP contribution in [0.25, 0.3) is 0 Å². The summed E-state index contributed by atoms with van der Waals surface area (Å²) in [6, 6.07) is 9.07. The van der Waals surface area contributed by atoms with Gasteiger partial charge in [-0.3, -0.25) is 0 Å². The molecule has 0 aromatic heterocycles. The lowest BCUT2D eigenvalue weighted by Gasteiger charge is -2.27.